The van der Waals surface area contributed by atoms with E-state index >= 15 is 0 Å². The summed E-state index contributed by atoms with van der Waals surface area (Å²) >= 11 is 0. The molecule has 0 aliphatic rings. The molecule has 4 heteroatoms. The molecule has 1 unspecified atom stereocenters. The lowest BCUT2D eigenvalue weighted by molar-refractivity contribution is -0.724. The monoisotopic (exact) mass is 144 g/mol. The maximum Gasteiger partial charge on any atom is 0.283 e. The third kappa shape index (κ3) is 4.29. The second-order valence-electron chi connectivity index (χ2n) is 2.25. The Morgan fingerprint density at radius 3 is 2.70 bits per heavy atom. The Labute approximate surface area is 61.9 Å². The Kier molecular flexibility index (Phi) is 4.88. The summed E-state index contributed by atoms with van der Waals surface area (Å²) in [6.07, 6.45) is 2.17. The minimum absolute atomic E-state index is 0.358. The number of unbranched alkanes of at least 4 members (excludes halogenated alkanes) is 1. The Hall–Kier alpha value is -0.610. The zero-order valence-electron chi connectivity index (χ0n) is 6.65. The number of quaternary nitrogens is 1. The van der Waals surface area contributed by atoms with Gasteiger partial charge < -0.3 is 16.6 Å². The van der Waals surface area contributed by atoms with E-state index in [1.807, 2.05) is 0 Å². The topological polar surface area (TPSA) is 66.6 Å². The molecule has 4 nitrogen and oxygen atoms in total. The summed E-state index contributed by atoms with van der Waals surface area (Å²) < 4.78 is 0. The molecule has 0 aliphatic carbocycles. The summed E-state index contributed by atoms with van der Waals surface area (Å²) in [4.78, 5) is 3.98. The average Bonchev–Trinajstić information content (AvgIpc) is 1.88. The molecule has 0 saturated heterocycles. The SMILES string of the molecule is CCCCN=C(N)[NH+](C)[NH-]. The molecule has 4 N–H and O–H groups in total. The summed E-state index contributed by atoms with van der Waals surface area (Å²) in [6, 6.07) is 0. The molecule has 0 bridgehead atoms. The predicted octanol–water partition coefficient (Wildman–Crippen LogP) is -0.417. The van der Waals surface area contributed by atoms with Crippen molar-refractivity contribution in [3.63, 3.8) is 0 Å². The van der Waals surface area contributed by atoms with Gasteiger partial charge in [-0.3, -0.25) is 0 Å². The van der Waals surface area contributed by atoms with Gasteiger partial charge in [0.05, 0.1) is 7.05 Å². The average molecular weight is 144 g/mol. The molecule has 0 aromatic heterocycles. The van der Waals surface area contributed by atoms with Crippen molar-refractivity contribution in [1.82, 2.24) is 0 Å². The Balaban J connectivity index is 3.48. The number of hydrogen-bond donors (Lipinski definition) is 2. The summed E-state index contributed by atoms with van der Waals surface area (Å²) in [7, 11) is 1.64. The van der Waals surface area contributed by atoms with Gasteiger partial charge in [0.1, 0.15) is 0 Å². The highest BCUT2D eigenvalue weighted by Crippen LogP contribution is 1.84. The van der Waals surface area contributed by atoms with Crippen molar-refractivity contribution in [3.8, 4) is 0 Å². The van der Waals surface area contributed by atoms with Gasteiger partial charge in [0.2, 0.25) is 0 Å². The third-order valence-electron chi connectivity index (χ3n) is 1.18. The molecule has 0 fully saturated rings. The van der Waals surface area contributed by atoms with Crippen LogP contribution in [0.25, 0.3) is 5.84 Å². The molecule has 0 heterocycles. The van der Waals surface area contributed by atoms with E-state index in [2.05, 4.69) is 11.9 Å². The van der Waals surface area contributed by atoms with Crippen LogP contribution in [0.4, 0.5) is 0 Å². The summed E-state index contributed by atoms with van der Waals surface area (Å²) in [5, 5.41) is 0.358. The van der Waals surface area contributed by atoms with Gasteiger partial charge in [-0.25, -0.2) is 4.99 Å². The lowest BCUT2D eigenvalue weighted by Crippen LogP contribution is -3.07. The molecule has 0 aliphatic heterocycles. The molecule has 1 atom stereocenters. The zero-order valence-corrected chi connectivity index (χ0v) is 6.65. The maximum atomic E-state index is 7.08. The molecule has 0 spiro atoms. The standard InChI is InChI=1S/C6H16N4/c1-3-4-5-9-6(7)10(2)8/h8,10H,3-5H2,1-2H3,(H2,7,9). The number of nitrogens with one attached hydrogen (secondary N) is 2. The second kappa shape index (κ2) is 5.20. The van der Waals surface area contributed by atoms with Crippen LogP contribution in [0.1, 0.15) is 19.8 Å². The van der Waals surface area contributed by atoms with Gasteiger partial charge >= 0.3 is 0 Å². The molecular formula is C6H16N4. The lowest BCUT2D eigenvalue weighted by Gasteiger charge is -2.11. The summed E-state index contributed by atoms with van der Waals surface area (Å²) in [5.41, 5.74) is 5.38. The number of aliphatic imine (C=N–C) groups is 1. The number of nitrogens with two attached hydrogens (primary N) is 1. The van der Waals surface area contributed by atoms with Crippen LogP contribution in [-0.4, -0.2) is 19.6 Å². The molecule has 0 amide bonds. The highest BCUT2D eigenvalue weighted by atomic mass is 15.4. The first kappa shape index (κ1) is 9.39. The fourth-order valence-corrected chi connectivity index (χ4v) is 0.476. The van der Waals surface area contributed by atoms with Crippen LogP contribution in [0.3, 0.4) is 0 Å². The van der Waals surface area contributed by atoms with E-state index in [4.69, 9.17) is 11.6 Å². The van der Waals surface area contributed by atoms with E-state index in [0.717, 1.165) is 19.4 Å². The highest BCUT2D eigenvalue weighted by Gasteiger charge is 1.92. The molecule has 0 aromatic carbocycles. The first-order valence-electron chi connectivity index (χ1n) is 3.54. The summed E-state index contributed by atoms with van der Waals surface area (Å²) in [5.74, 6) is 7.45. The quantitative estimate of drug-likeness (QED) is 0.240. The van der Waals surface area contributed by atoms with Gasteiger partial charge in [0.25, 0.3) is 5.96 Å². The van der Waals surface area contributed by atoms with E-state index in [9.17, 15) is 0 Å². The first-order chi connectivity index (χ1) is 4.68. The molecular weight excluding hydrogens is 128 g/mol. The minimum atomic E-state index is 0.358. The van der Waals surface area contributed by atoms with Crippen molar-refractivity contribution >= 4 is 5.96 Å². The Bertz CT molecular complexity index is 108. The Morgan fingerprint density at radius 1 is 1.70 bits per heavy atom. The van der Waals surface area contributed by atoms with Gasteiger partial charge in [-0.05, 0) is 6.42 Å². The van der Waals surface area contributed by atoms with Gasteiger partial charge in [-0.2, -0.15) is 0 Å². The van der Waals surface area contributed by atoms with Crippen molar-refractivity contribution in [2.24, 2.45) is 10.7 Å². The minimum Gasteiger partial charge on any atom is -0.462 e. The van der Waals surface area contributed by atoms with Crippen LogP contribution in [0.2, 0.25) is 0 Å². The first-order valence-corrected chi connectivity index (χ1v) is 3.54. The highest BCUT2D eigenvalue weighted by molar-refractivity contribution is 5.68. The molecule has 0 aromatic rings. The number of nitrogens with zero attached hydrogens (tertiary/aromatic N) is 1. The molecule has 10 heavy (non-hydrogen) atoms. The predicted molar refractivity (Wildman–Crippen MR) is 42.6 cm³/mol. The smallest absolute Gasteiger partial charge is 0.283 e. The number of rotatable bonds is 3. The second-order valence-corrected chi connectivity index (χ2v) is 2.25. The van der Waals surface area contributed by atoms with E-state index in [-0.39, 0.29) is 0 Å². The van der Waals surface area contributed by atoms with Gasteiger partial charge in [0, 0.05) is 6.54 Å². The van der Waals surface area contributed by atoms with E-state index in [1.54, 1.807) is 7.05 Å². The zero-order chi connectivity index (χ0) is 7.98. The van der Waals surface area contributed by atoms with Crippen LogP contribution in [0.5, 0.6) is 0 Å². The molecule has 0 rings (SSSR count). The summed E-state index contributed by atoms with van der Waals surface area (Å²) in [6.45, 7) is 2.85. The van der Waals surface area contributed by atoms with Crippen molar-refractivity contribution in [2.75, 3.05) is 13.6 Å². The maximum absolute atomic E-state index is 7.08. The van der Waals surface area contributed by atoms with Crippen molar-refractivity contribution < 1.29 is 5.01 Å². The number of guanidine groups is 1. The molecule has 0 radical (unpaired) electrons. The van der Waals surface area contributed by atoms with Crippen LogP contribution < -0.4 is 10.7 Å². The third-order valence-corrected chi connectivity index (χ3v) is 1.18. The van der Waals surface area contributed by atoms with Crippen molar-refractivity contribution in [1.29, 1.82) is 0 Å². The van der Waals surface area contributed by atoms with Crippen LogP contribution >= 0.6 is 0 Å². The fourth-order valence-electron chi connectivity index (χ4n) is 0.476. The van der Waals surface area contributed by atoms with Gasteiger partial charge in [-0.1, -0.05) is 13.3 Å². The fraction of sp³-hybridized carbons (Fsp3) is 0.833. The largest absolute Gasteiger partial charge is 0.462 e. The number of hydrogen-bond acceptors (Lipinski definition) is 1. The van der Waals surface area contributed by atoms with Crippen molar-refractivity contribution in [3.05, 3.63) is 5.84 Å². The van der Waals surface area contributed by atoms with Crippen LogP contribution in [-0.2, 0) is 0 Å². The Morgan fingerprint density at radius 2 is 2.30 bits per heavy atom. The van der Waals surface area contributed by atoms with Gasteiger partial charge in [0.15, 0.2) is 0 Å². The lowest BCUT2D eigenvalue weighted by atomic mass is 10.3. The van der Waals surface area contributed by atoms with Crippen LogP contribution in [0, 0.1) is 0 Å². The van der Waals surface area contributed by atoms with Gasteiger partial charge in [-0.15, -0.1) is 0 Å². The van der Waals surface area contributed by atoms with Crippen molar-refractivity contribution in [2.45, 2.75) is 19.8 Å². The molecule has 60 valence electrons. The normalized spacial score (nSPS) is 15.3. The van der Waals surface area contributed by atoms with Crippen LogP contribution in [0.15, 0.2) is 4.99 Å². The van der Waals surface area contributed by atoms with E-state index < -0.39 is 0 Å². The van der Waals surface area contributed by atoms with E-state index in [1.165, 1.54) is 0 Å². The van der Waals surface area contributed by atoms with E-state index in [0.29, 0.717) is 11.0 Å². The molecule has 0 saturated carbocycles.